The van der Waals surface area contributed by atoms with Crippen molar-refractivity contribution < 1.29 is 19.8 Å². The Morgan fingerprint density at radius 2 is 1.85 bits per heavy atom. The second-order valence-electron chi connectivity index (χ2n) is 6.64. The van der Waals surface area contributed by atoms with E-state index in [0.29, 0.717) is 19.6 Å². The Morgan fingerprint density at radius 1 is 1.20 bits per heavy atom. The molecule has 0 aromatic heterocycles. The molecule has 0 radical (unpaired) electrons. The van der Waals surface area contributed by atoms with Crippen molar-refractivity contribution in [3.8, 4) is 0 Å². The maximum Gasteiger partial charge on any atom is 0.309 e. The van der Waals surface area contributed by atoms with Crippen LogP contribution in [0.15, 0.2) is 0 Å². The number of carbonyl (C=O) groups is 2. The Balaban J connectivity index is 2.67. The number of carboxylic acid groups (broad SMARTS) is 1. The van der Waals surface area contributed by atoms with Crippen molar-refractivity contribution in [2.75, 3.05) is 39.3 Å². The molecule has 1 heterocycles. The van der Waals surface area contributed by atoms with Crippen LogP contribution in [0, 0.1) is 11.3 Å². The van der Waals surface area contributed by atoms with Crippen molar-refractivity contribution in [1.29, 1.82) is 0 Å². The van der Waals surface area contributed by atoms with Crippen LogP contribution in [-0.4, -0.2) is 71.2 Å². The normalized spacial score (nSPS) is 21.6. The van der Waals surface area contributed by atoms with Crippen molar-refractivity contribution >= 4 is 11.9 Å². The van der Waals surface area contributed by atoms with Gasteiger partial charge in [0.25, 0.3) is 0 Å². The number of aliphatic carboxylic acids is 1. The molecule has 1 aliphatic heterocycles. The number of hydrogen-bond donors (Lipinski definition) is 2. The lowest BCUT2D eigenvalue weighted by Crippen LogP contribution is -2.39. The van der Waals surface area contributed by atoms with E-state index in [1.165, 1.54) is 4.90 Å². The lowest BCUT2D eigenvalue weighted by Gasteiger charge is -2.26. The predicted octanol–water partition coefficient (Wildman–Crippen LogP) is 0.260. The van der Waals surface area contributed by atoms with Gasteiger partial charge in [0.2, 0.25) is 5.91 Å². The van der Waals surface area contributed by atoms with Crippen LogP contribution in [0.1, 0.15) is 27.2 Å². The van der Waals surface area contributed by atoms with Crippen LogP contribution < -0.4 is 0 Å². The summed E-state index contributed by atoms with van der Waals surface area (Å²) in [5, 5.41) is 18.2. The van der Waals surface area contributed by atoms with E-state index in [-0.39, 0.29) is 12.0 Å². The van der Waals surface area contributed by atoms with Crippen LogP contribution in [0.2, 0.25) is 0 Å². The van der Waals surface area contributed by atoms with Gasteiger partial charge in [-0.2, -0.15) is 0 Å². The van der Waals surface area contributed by atoms with Crippen molar-refractivity contribution in [2.24, 2.45) is 11.3 Å². The van der Waals surface area contributed by atoms with Crippen molar-refractivity contribution in [3.05, 3.63) is 0 Å². The smallest absolute Gasteiger partial charge is 0.309 e. The molecule has 1 aliphatic rings. The molecular formula is C14H26N2O4. The predicted molar refractivity (Wildman–Crippen MR) is 75.3 cm³/mol. The number of carboxylic acids is 1. The quantitative estimate of drug-likeness (QED) is 0.775. The summed E-state index contributed by atoms with van der Waals surface area (Å²) in [7, 11) is 0. The van der Waals surface area contributed by atoms with Gasteiger partial charge in [-0.25, -0.2) is 0 Å². The van der Waals surface area contributed by atoms with Gasteiger partial charge in [0.1, 0.15) is 6.61 Å². The van der Waals surface area contributed by atoms with E-state index in [1.54, 1.807) is 0 Å². The van der Waals surface area contributed by atoms with Gasteiger partial charge in [-0.1, -0.05) is 20.8 Å². The van der Waals surface area contributed by atoms with E-state index in [2.05, 4.69) is 25.7 Å². The first-order chi connectivity index (χ1) is 9.23. The maximum absolute atomic E-state index is 11.6. The van der Waals surface area contributed by atoms with E-state index in [9.17, 15) is 14.7 Å². The molecule has 1 saturated heterocycles. The van der Waals surface area contributed by atoms with Crippen LogP contribution in [0.5, 0.6) is 0 Å². The highest BCUT2D eigenvalue weighted by molar-refractivity contribution is 5.78. The monoisotopic (exact) mass is 286 g/mol. The minimum Gasteiger partial charge on any atom is -0.481 e. The van der Waals surface area contributed by atoms with Crippen molar-refractivity contribution in [2.45, 2.75) is 27.2 Å². The fourth-order valence-electron chi connectivity index (χ4n) is 2.26. The van der Waals surface area contributed by atoms with Gasteiger partial charge in [-0.3, -0.25) is 9.59 Å². The highest BCUT2D eigenvalue weighted by Crippen LogP contribution is 2.20. The largest absolute Gasteiger partial charge is 0.481 e. The van der Waals surface area contributed by atoms with E-state index in [4.69, 9.17) is 5.11 Å². The van der Waals surface area contributed by atoms with Gasteiger partial charge in [-0.05, 0) is 18.4 Å². The molecule has 0 bridgehead atoms. The Labute approximate surface area is 120 Å². The molecule has 116 valence electrons. The van der Waals surface area contributed by atoms with Gasteiger partial charge in [-0.15, -0.1) is 0 Å². The first kappa shape index (κ1) is 16.9. The third-order valence-electron chi connectivity index (χ3n) is 3.62. The Bertz CT molecular complexity index is 352. The summed E-state index contributed by atoms with van der Waals surface area (Å²) in [6.07, 6.45) is 0.979. The number of aliphatic hydroxyl groups is 1. The molecule has 0 aromatic carbocycles. The molecule has 1 rings (SSSR count). The van der Waals surface area contributed by atoms with Crippen LogP contribution in [-0.2, 0) is 9.59 Å². The molecule has 0 spiro atoms. The second kappa shape index (κ2) is 7.04. The highest BCUT2D eigenvalue weighted by atomic mass is 16.4. The maximum atomic E-state index is 11.6. The molecule has 20 heavy (non-hydrogen) atoms. The second-order valence-corrected chi connectivity index (χ2v) is 6.64. The van der Waals surface area contributed by atoms with E-state index in [0.717, 1.165) is 13.0 Å². The molecule has 2 N–H and O–H groups in total. The van der Waals surface area contributed by atoms with Gasteiger partial charge in [0, 0.05) is 26.2 Å². The summed E-state index contributed by atoms with van der Waals surface area (Å²) < 4.78 is 0. The summed E-state index contributed by atoms with van der Waals surface area (Å²) in [4.78, 5) is 26.4. The molecular weight excluding hydrogens is 260 g/mol. The topological polar surface area (TPSA) is 81.1 Å². The molecule has 0 aliphatic carbocycles. The first-order valence-corrected chi connectivity index (χ1v) is 7.07. The van der Waals surface area contributed by atoms with Crippen LogP contribution in [0.4, 0.5) is 0 Å². The lowest BCUT2D eigenvalue weighted by atomic mass is 9.92. The van der Waals surface area contributed by atoms with Crippen molar-refractivity contribution in [1.82, 2.24) is 9.80 Å². The standard InChI is InChI=1S/C14H26N2O4/c1-14(2,3)4-5-15-6-7-16(12(18)10-17)9-11(8-15)13(19)20/h11,17H,4-10H2,1-3H3,(H,19,20)/t11-/m0/s1. The zero-order valence-corrected chi connectivity index (χ0v) is 12.6. The summed E-state index contributed by atoms with van der Waals surface area (Å²) in [5.74, 6) is -1.87. The summed E-state index contributed by atoms with van der Waals surface area (Å²) in [6.45, 7) is 8.51. The van der Waals surface area contributed by atoms with E-state index in [1.807, 2.05) is 0 Å². The van der Waals surface area contributed by atoms with Gasteiger partial charge in [0.05, 0.1) is 5.92 Å². The zero-order chi connectivity index (χ0) is 15.3. The van der Waals surface area contributed by atoms with Gasteiger partial charge >= 0.3 is 5.97 Å². The van der Waals surface area contributed by atoms with Crippen LogP contribution in [0.3, 0.4) is 0 Å². The Morgan fingerprint density at radius 3 is 2.35 bits per heavy atom. The van der Waals surface area contributed by atoms with Gasteiger partial charge in [0.15, 0.2) is 0 Å². The third kappa shape index (κ3) is 5.46. The number of hydrogen-bond acceptors (Lipinski definition) is 4. The fourth-order valence-corrected chi connectivity index (χ4v) is 2.26. The molecule has 6 nitrogen and oxygen atoms in total. The average molecular weight is 286 g/mol. The molecule has 1 atom stereocenters. The minimum absolute atomic E-state index is 0.181. The number of aliphatic hydroxyl groups excluding tert-OH is 1. The number of nitrogens with zero attached hydrogens (tertiary/aromatic N) is 2. The summed E-state index contributed by atoms with van der Waals surface area (Å²) in [6, 6.07) is 0. The summed E-state index contributed by atoms with van der Waals surface area (Å²) in [5.41, 5.74) is 0.200. The van der Waals surface area contributed by atoms with Crippen LogP contribution in [0.25, 0.3) is 0 Å². The molecule has 0 aromatic rings. The minimum atomic E-state index is -0.886. The average Bonchev–Trinajstić information content (AvgIpc) is 2.57. The molecule has 1 fully saturated rings. The molecule has 0 unspecified atom stereocenters. The SMILES string of the molecule is CC(C)(C)CCN1CCN(C(=O)CO)C[C@@H](C(=O)O)C1. The number of carbonyl (C=O) groups excluding carboxylic acids is 1. The van der Waals surface area contributed by atoms with Crippen molar-refractivity contribution in [3.63, 3.8) is 0 Å². The zero-order valence-electron chi connectivity index (χ0n) is 12.6. The van der Waals surface area contributed by atoms with E-state index < -0.39 is 24.4 Å². The Hall–Kier alpha value is -1.14. The first-order valence-electron chi connectivity index (χ1n) is 7.07. The molecule has 1 amide bonds. The lowest BCUT2D eigenvalue weighted by molar-refractivity contribution is -0.143. The van der Waals surface area contributed by atoms with Gasteiger partial charge < -0.3 is 20.0 Å². The number of amides is 1. The summed E-state index contributed by atoms with van der Waals surface area (Å²) >= 11 is 0. The van der Waals surface area contributed by atoms with E-state index >= 15 is 0 Å². The fraction of sp³-hybridized carbons (Fsp3) is 0.857. The third-order valence-corrected chi connectivity index (χ3v) is 3.62. The van der Waals surface area contributed by atoms with Crippen LogP contribution >= 0.6 is 0 Å². The number of rotatable bonds is 4. The highest BCUT2D eigenvalue weighted by Gasteiger charge is 2.29. The Kier molecular flexibility index (Phi) is 5.95. The molecule has 0 saturated carbocycles. The molecule has 6 heteroatoms.